The fraction of sp³-hybridized carbons (Fsp3) is 0.250. The van der Waals surface area contributed by atoms with Gasteiger partial charge in [-0.05, 0) is 31.6 Å². The van der Waals surface area contributed by atoms with Crippen LogP contribution in [0.5, 0.6) is 0 Å². The Hall–Kier alpha value is -1.15. The van der Waals surface area contributed by atoms with Crippen LogP contribution in [0.3, 0.4) is 0 Å². The summed E-state index contributed by atoms with van der Waals surface area (Å²) in [5, 5.41) is 1.12. The topological polar surface area (TPSA) is 12.9 Å². The van der Waals surface area contributed by atoms with E-state index >= 15 is 0 Å². The number of allylic oxidation sites excluding steroid dienone is 1. The molecule has 0 saturated carbocycles. The van der Waals surface area contributed by atoms with E-state index in [1.807, 2.05) is 6.07 Å². The van der Waals surface area contributed by atoms with Crippen molar-refractivity contribution in [3.8, 4) is 0 Å². The number of benzene rings is 1. The minimum atomic E-state index is 1.09. The van der Waals surface area contributed by atoms with E-state index in [1.54, 1.807) is 11.3 Å². The molecule has 0 spiro atoms. The molecule has 0 amide bonds. The van der Waals surface area contributed by atoms with Crippen LogP contribution in [0.4, 0.5) is 0 Å². The van der Waals surface area contributed by atoms with Gasteiger partial charge >= 0.3 is 0 Å². The lowest BCUT2D eigenvalue weighted by molar-refractivity contribution is 1.11. The summed E-state index contributed by atoms with van der Waals surface area (Å²) in [6, 6.07) is 8.26. The van der Waals surface area contributed by atoms with Gasteiger partial charge in [-0.1, -0.05) is 24.6 Å². The van der Waals surface area contributed by atoms with Gasteiger partial charge in [-0.3, -0.25) is 0 Å². The zero-order valence-electron chi connectivity index (χ0n) is 8.45. The van der Waals surface area contributed by atoms with Gasteiger partial charge in [0, 0.05) is 0 Å². The third-order valence-corrected chi connectivity index (χ3v) is 3.22. The second kappa shape index (κ2) is 3.93. The average Bonchev–Trinajstić information content (AvgIpc) is 2.59. The van der Waals surface area contributed by atoms with Crippen LogP contribution in [0.15, 0.2) is 29.8 Å². The predicted molar refractivity (Wildman–Crippen MR) is 63.6 cm³/mol. The quantitative estimate of drug-likeness (QED) is 0.715. The molecule has 1 aromatic heterocycles. The fourth-order valence-corrected chi connectivity index (χ4v) is 2.26. The van der Waals surface area contributed by atoms with E-state index < -0.39 is 0 Å². The van der Waals surface area contributed by atoms with Gasteiger partial charge < -0.3 is 0 Å². The second-order valence-corrected chi connectivity index (χ2v) is 4.43. The predicted octanol–water partition coefficient (Wildman–Crippen LogP) is 4.11. The van der Waals surface area contributed by atoms with E-state index in [4.69, 9.17) is 0 Å². The molecular formula is C12H13NS. The molecule has 2 aromatic rings. The first-order valence-corrected chi connectivity index (χ1v) is 5.64. The minimum absolute atomic E-state index is 1.09. The van der Waals surface area contributed by atoms with Gasteiger partial charge in [-0.2, -0.15) is 0 Å². The Morgan fingerprint density at radius 1 is 1.43 bits per heavy atom. The van der Waals surface area contributed by atoms with Gasteiger partial charge in [0.05, 0.1) is 10.2 Å². The second-order valence-electron chi connectivity index (χ2n) is 3.36. The molecule has 0 atom stereocenters. The van der Waals surface area contributed by atoms with Crippen LogP contribution < -0.4 is 0 Å². The van der Waals surface area contributed by atoms with Gasteiger partial charge in [0.1, 0.15) is 5.01 Å². The van der Waals surface area contributed by atoms with Crippen LogP contribution in [-0.4, -0.2) is 4.98 Å². The number of fused-ring (bicyclic) bond motifs is 1. The molecule has 1 heterocycles. The Labute approximate surface area is 88.1 Å². The highest BCUT2D eigenvalue weighted by atomic mass is 32.1. The number of thiazole rings is 1. The Morgan fingerprint density at radius 3 is 2.93 bits per heavy atom. The Morgan fingerprint density at radius 2 is 2.21 bits per heavy atom. The minimum Gasteiger partial charge on any atom is -0.237 e. The summed E-state index contributed by atoms with van der Waals surface area (Å²) in [7, 11) is 0. The van der Waals surface area contributed by atoms with Gasteiger partial charge in [-0.25, -0.2) is 4.98 Å². The van der Waals surface area contributed by atoms with Crippen LogP contribution in [0, 0.1) is 0 Å². The highest BCUT2D eigenvalue weighted by Crippen LogP contribution is 2.23. The molecule has 1 aromatic carbocycles. The number of aromatic nitrogens is 1. The lowest BCUT2D eigenvalue weighted by Gasteiger charge is -1.90. The number of nitrogens with zero attached hydrogens (tertiary/aromatic N) is 1. The summed E-state index contributed by atoms with van der Waals surface area (Å²) in [5.74, 6) is 0. The standard InChI is InChI=1S/C12H13NS/c1-3-9(2)8-12-13-10-6-4-5-7-11(10)14-12/h4-8H,3H2,1-2H3/b9-8+. The average molecular weight is 203 g/mol. The maximum absolute atomic E-state index is 4.54. The summed E-state index contributed by atoms with van der Waals surface area (Å²) in [6.07, 6.45) is 3.26. The first kappa shape index (κ1) is 9.41. The molecule has 0 fully saturated rings. The Balaban J connectivity index is 2.45. The van der Waals surface area contributed by atoms with Gasteiger partial charge in [-0.15, -0.1) is 11.3 Å². The first-order valence-electron chi connectivity index (χ1n) is 4.82. The van der Waals surface area contributed by atoms with Crippen molar-refractivity contribution in [2.24, 2.45) is 0 Å². The SMILES string of the molecule is CC/C(C)=C/c1nc2ccccc2s1. The molecule has 2 rings (SSSR count). The molecule has 0 bridgehead atoms. The van der Waals surface area contributed by atoms with Crippen molar-refractivity contribution in [3.05, 3.63) is 34.8 Å². The van der Waals surface area contributed by atoms with Gasteiger partial charge in [0.25, 0.3) is 0 Å². The molecule has 0 N–H and O–H groups in total. The summed E-state index contributed by atoms with van der Waals surface area (Å²) < 4.78 is 1.27. The molecule has 14 heavy (non-hydrogen) atoms. The molecular weight excluding hydrogens is 190 g/mol. The van der Waals surface area contributed by atoms with Crippen molar-refractivity contribution in [2.75, 3.05) is 0 Å². The highest BCUT2D eigenvalue weighted by Gasteiger charge is 1.99. The molecule has 0 aliphatic heterocycles. The van der Waals surface area contributed by atoms with E-state index in [9.17, 15) is 0 Å². The summed E-state index contributed by atoms with van der Waals surface area (Å²) >= 11 is 1.75. The lowest BCUT2D eigenvalue weighted by Crippen LogP contribution is -1.72. The van der Waals surface area contributed by atoms with Crippen molar-refractivity contribution in [3.63, 3.8) is 0 Å². The number of para-hydroxylation sites is 1. The fourth-order valence-electron chi connectivity index (χ4n) is 1.26. The van der Waals surface area contributed by atoms with E-state index in [-0.39, 0.29) is 0 Å². The maximum Gasteiger partial charge on any atom is 0.117 e. The van der Waals surface area contributed by atoms with Crippen molar-refractivity contribution in [1.29, 1.82) is 0 Å². The van der Waals surface area contributed by atoms with Crippen molar-refractivity contribution in [1.82, 2.24) is 4.98 Å². The summed E-state index contributed by atoms with van der Waals surface area (Å²) in [5.41, 5.74) is 2.48. The molecule has 0 radical (unpaired) electrons. The van der Waals surface area contributed by atoms with Crippen molar-refractivity contribution >= 4 is 27.6 Å². The van der Waals surface area contributed by atoms with Crippen molar-refractivity contribution < 1.29 is 0 Å². The molecule has 1 nitrogen and oxygen atoms in total. The largest absolute Gasteiger partial charge is 0.237 e. The zero-order valence-corrected chi connectivity index (χ0v) is 9.27. The highest BCUT2D eigenvalue weighted by molar-refractivity contribution is 7.19. The molecule has 72 valence electrons. The smallest absolute Gasteiger partial charge is 0.117 e. The van der Waals surface area contributed by atoms with E-state index in [0.717, 1.165) is 16.9 Å². The van der Waals surface area contributed by atoms with E-state index in [0.29, 0.717) is 0 Å². The molecule has 0 aliphatic rings. The Bertz CT molecular complexity index is 435. The molecule has 0 unspecified atom stereocenters. The van der Waals surface area contributed by atoms with Crippen LogP contribution in [0.1, 0.15) is 25.3 Å². The van der Waals surface area contributed by atoms with Crippen LogP contribution >= 0.6 is 11.3 Å². The van der Waals surface area contributed by atoms with Gasteiger partial charge in [0.2, 0.25) is 0 Å². The molecule has 0 aliphatic carbocycles. The van der Waals surface area contributed by atoms with Crippen LogP contribution in [0.25, 0.3) is 16.3 Å². The Kier molecular flexibility index (Phi) is 2.64. The van der Waals surface area contributed by atoms with Gasteiger partial charge in [0.15, 0.2) is 0 Å². The number of hydrogen-bond acceptors (Lipinski definition) is 2. The third kappa shape index (κ3) is 1.85. The molecule has 0 saturated heterocycles. The summed E-state index contributed by atoms with van der Waals surface area (Å²) in [6.45, 7) is 4.31. The normalized spacial score (nSPS) is 12.3. The molecule has 2 heteroatoms. The third-order valence-electron chi connectivity index (χ3n) is 2.24. The van der Waals surface area contributed by atoms with E-state index in [2.05, 4.69) is 43.1 Å². The summed E-state index contributed by atoms with van der Waals surface area (Å²) in [4.78, 5) is 4.54. The first-order chi connectivity index (χ1) is 6.79. The van der Waals surface area contributed by atoms with Crippen molar-refractivity contribution in [2.45, 2.75) is 20.3 Å². The van der Waals surface area contributed by atoms with Crippen LogP contribution in [-0.2, 0) is 0 Å². The zero-order chi connectivity index (χ0) is 9.97. The maximum atomic E-state index is 4.54. The monoisotopic (exact) mass is 203 g/mol. The number of hydrogen-bond donors (Lipinski definition) is 0. The van der Waals surface area contributed by atoms with E-state index in [1.165, 1.54) is 10.3 Å². The lowest BCUT2D eigenvalue weighted by atomic mass is 10.2. The number of rotatable bonds is 2. The van der Waals surface area contributed by atoms with Crippen LogP contribution in [0.2, 0.25) is 0 Å².